The number of aromatic nitrogens is 5. The summed E-state index contributed by atoms with van der Waals surface area (Å²) in [5.74, 6) is 1.37. The number of alkyl halides is 2. The van der Waals surface area contributed by atoms with Gasteiger partial charge in [0, 0.05) is 19.3 Å². The molecule has 1 aliphatic heterocycles. The van der Waals surface area contributed by atoms with Crippen LogP contribution in [0.3, 0.4) is 0 Å². The Balaban J connectivity index is 1.37. The minimum absolute atomic E-state index is 0.0275. The van der Waals surface area contributed by atoms with Gasteiger partial charge in [0.2, 0.25) is 0 Å². The van der Waals surface area contributed by atoms with Crippen LogP contribution in [0.1, 0.15) is 68.0 Å². The quantitative estimate of drug-likeness (QED) is 0.556. The number of halogens is 2. The lowest BCUT2D eigenvalue weighted by atomic mass is 9.80. The zero-order chi connectivity index (χ0) is 24.5. The second-order valence-electron chi connectivity index (χ2n) is 9.67. The predicted molar refractivity (Wildman–Crippen MR) is 127 cm³/mol. The van der Waals surface area contributed by atoms with Crippen LogP contribution >= 0.6 is 0 Å². The third-order valence-corrected chi connectivity index (χ3v) is 7.25. The van der Waals surface area contributed by atoms with Crippen molar-refractivity contribution in [2.45, 2.75) is 52.0 Å². The summed E-state index contributed by atoms with van der Waals surface area (Å²) in [5.41, 5.74) is 0.361. The van der Waals surface area contributed by atoms with E-state index in [2.05, 4.69) is 39.2 Å². The van der Waals surface area contributed by atoms with Gasteiger partial charge in [-0.15, -0.1) is 0 Å². The molecule has 3 aromatic rings. The van der Waals surface area contributed by atoms with Gasteiger partial charge in [-0.2, -0.15) is 10.2 Å². The fraction of sp³-hybridized carbons (Fsp3) is 0.583. The molecule has 2 fully saturated rings. The first-order chi connectivity index (χ1) is 16.9. The predicted octanol–water partition coefficient (Wildman–Crippen LogP) is 4.34. The van der Waals surface area contributed by atoms with E-state index in [0.717, 1.165) is 25.7 Å². The third kappa shape index (κ3) is 4.73. The summed E-state index contributed by atoms with van der Waals surface area (Å²) >= 11 is 0. The van der Waals surface area contributed by atoms with Crippen LogP contribution in [0.5, 0.6) is 0 Å². The van der Waals surface area contributed by atoms with Gasteiger partial charge in [-0.1, -0.05) is 13.8 Å². The van der Waals surface area contributed by atoms with Gasteiger partial charge in [0.25, 0.3) is 12.3 Å². The Morgan fingerprint density at radius 2 is 1.86 bits per heavy atom. The van der Waals surface area contributed by atoms with E-state index in [1.807, 2.05) is 6.07 Å². The molecule has 5 rings (SSSR count). The maximum Gasteiger partial charge on any atom is 0.282 e. The molecule has 11 heteroatoms. The third-order valence-electron chi connectivity index (χ3n) is 7.25. The van der Waals surface area contributed by atoms with Gasteiger partial charge in [0.1, 0.15) is 17.1 Å². The number of carbonyl (C=O) groups is 1. The van der Waals surface area contributed by atoms with Crippen molar-refractivity contribution < 1.29 is 18.3 Å². The standard InChI is InChI=1S/C24H31F2N7O2/c1-15(2)16-3-5-17(6-4-16)33-21(22(25)26)19(14-28-33)29-24(34)18-13-27-32-8-7-20(30-23(18)32)31-9-11-35-12-10-31/h7-8,13-17,22H,3-6,9-12H2,1-2H3,(H,29,34)/t16-,17-. The number of fused-ring (bicyclic) bond motifs is 1. The van der Waals surface area contributed by atoms with Gasteiger partial charge < -0.3 is 15.0 Å². The van der Waals surface area contributed by atoms with E-state index in [1.165, 1.54) is 21.6 Å². The summed E-state index contributed by atoms with van der Waals surface area (Å²) in [4.78, 5) is 19.8. The van der Waals surface area contributed by atoms with Gasteiger partial charge in [0.15, 0.2) is 5.65 Å². The number of ether oxygens (including phenoxy) is 1. The maximum atomic E-state index is 14.1. The van der Waals surface area contributed by atoms with Crippen molar-refractivity contribution in [2.24, 2.45) is 11.8 Å². The van der Waals surface area contributed by atoms with Crippen molar-refractivity contribution in [3.05, 3.63) is 35.9 Å². The van der Waals surface area contributed by atoms with E-state index in [4.69, 9.17) is 4.74 Å². The number of morpholine rings is 1. The molecule has 188 valence electrons. The molecule has 35 heavy (non-hydrogen) atoms. The number of amides is 1. The Morgan fingerprint density at radius 1 is 1.11 bits per heavy atom. The molecule has 1 aliphatic carbocycles. The molecule has 1 saturated carbocycles. The summed E-state index contributed by atoms with van der Waals surface area (Å²) in [5, 5.41) is 11.1. The summed E-state index contributed by atoms with van der Waals surface area (Å²) in [7, 11) is 0. The number of anilines is 2. The maximum absolute atomic E-state index is 14.1. The molecule has 3 aromatic heterocycles. The summed E-state index contributed by atoms with van der Waals surface area (Å²) < 4.78 is 36.6. The molecule has 0 radical (unpaired) electrons. The number of hydrogen-bond acceptors (Lipinski definition) is 6. The number of carbonyl (C=O) groups excluding carboxylic acids is 1. The fourth-order valence-corrected chi connectivity index (χ4v) is 5.17. The van der Waals surface area contributed by atoms with E-state index in [1.54, 1.807) is 6.20 Å². The molecule has 0 atom stereocenters. The van der Waals surface area contributed by atoms with Crippen LogP contribution in [0.4, 0.5) is 20.3 Å². The molecule has 2 aliphatic rings. The SMILES string of the molecule is CC(C)[C@H]1CC[C@H](n2ncc(NC(=O)c3cnn4ccc(N5CCOCC5)nc34)c2C(F)F)CC1. The van der Waals surface area contributed by atoms with Crippen LogP contribution in [0, 0.1) is 11.8 Å². The van der Waals surface area contributed by atoms with E-state index in [-0.39, 0.29) is 23.0 Å². The summed E-state index contributed by atoms with van der Waals surface area (Å²) in [6.07, 6.45) is 5.30. The van der Waals surface area contributed by atoms with Crippen LogP contribution in [0.25, 0.3) is 5.65 Å². The van der Waals surface area contributed by atoms with Crippen LogP contribution in [0.2, 0.25) is 0 Å². The lowest BCUT2D eigenvalue weighted by Gasteiger charge is -2.31. The highest BCUT2D eigenvalue weighted by Gasteiger charge is 2.30. The van der Waals surface area contributed by atoms with Crippen molar-refractivity contribution in [3.63, 3.8) is 0 Å². The normalized spacial score (nSPS) is 21.3. The first-order valence-corrected chi connectivity index (χ1v) is 12.3. The summed E-state index contributed by atoms with van der Waals surface area (Å²) in [6.45, 7) is 7.04. The highest BCUT2D eigenvalue weighted by molar-refractivity contribution is 6.08. The molecule has 1 amide bonds. The van der Waals surface area contributed by atoms with E-state index < -0.39 is 12.3 Å². The highest BCUT2D eigenvalue weighted by atomic mass is 19.3. The number of nitrogens with one attached hydrogen (secondary N) is 1. The zero-order valence-electron chi connectivity index (χ0n) is 20.0. The van der Waals surface area contributed by atoms with Gasteiger partial charge >= 0.3 is 0 Å². The van der Waals surface area contributed by atoms with Gasteiger partial charge in [-0.05, 0) is 43.6 Å². The molecular formula is C24H31F2N7O2. The molecule has 0 bridgehead atoms. The Kier molecular flexibility index (Phi) is 6.68. The number of rotatable bonds is 6. The number of nitrogens with zero attached hydrogens (tertiary/aromatic N) is 6. The Hall–Kier alpha value is -3.08. The van der Waals surface area contributed by atoms with Crippen LogP contribution < -0.4 is 10.2 Å². The lowest BCUT2D eigenvalue weighted by Crippen LogP contribution is -2.36. The molecular weight excluding hydrogens is 456 g/mol. The largest absolute Gasteiger partial charge is 0.378 e. The first-order valence-electron chi connectivity index (χ1n) is 12.3. The van der Waals surface area contributed by atoms with Crippen molar-refractivity contribution >= 4 is 23.1 Å². The van der Waals surface area contributed by atoms with Crippen molar-refractivity contribution in [1.29, 1.82) is 0 Å². The Bertz CT molecular complexity index is 1180. The van der Waals surface area contributed by atoms with Gasteiger partial charge in [0.05, 0.1) is 37.3 Å². The molecule has 0 spiro atoms. The lowest BCUT2D eigenvalue weighted by molar-refractivity contribution is 0.102. The van der Waals surface area contributed by atoms with Crippen molar-refractivity contribution in [1.82, 2.24) is 24.4 Å². The Morgan fingerprint density at radius 3 is 2.54 bits per heavy atom. The molecule has 0 unspecified atom stereocenters. The van der Waals surface area contributed by atoms with Crippen LogP contribution in [-0.2, 0) is 4.74 Å². The first kappa shape index (κ1) is 23.7. The van der Waals surface area contributed by atoms with E-state index in [0.29, 0.717) is 49.6 Å². The van der Waals surface area contributed by atoms with Crippen LogP contribution in [-0.4, -0.2) is 56.6 Å². The molecule has 1 saturated heterocycles. The second-order valence-corrected chi connectivity index (χ2v) is 9.67. The van der Waals surface area contributed by atoms with E-state index in [9.17, 15) is 13.6 Å². The highest BCUT2D eigenvalue weighted by Crippen LogP contribution is 2.39. The number of hydrogen-bond donors (Lipinski definition) is 1. The smallest absolute Gasteiger partial charge is 0.282 e. The average Bonchev–Trinajstić information content (AvgIpc) is 3.48. The molecule has 0 aromatic carbocycles. The molecule has 4 heterocycles. The van der Waals surface area contributed by atoms with Crippen LogP contribution in [0.15, 0.2) is 24.7 Å². The second kappa shape index (κ2) is 9.88. The Labute approximate surface area is 202 Å². The topological polar surface area (TPSA) is 89.6 Å². The van der Waals surface area contributed by atoms with E-state index >= 15 is 0 Å². The van der Waals surface area contributed by atoms with Gasteiger partial charge in [-0.25, -0.2) is 18.3 Å². The summed E-state index contributed by atoms with van der Waals surface area (Å²) in [6, 6.07) is 1.74. The minimum Gasteiger partial charge on any atom is -0.378 e. The van der Waals surface area contributed by atoms with Crippen molar-refractivity contribution in [2.75, 3.05) is 36.5 Å². The molecule has 1 N–H and O–H groups in total. The van der Waals surface area contributed by atoms with Crippen molar-refractivity contribution in [3.8, 4) is 0 Å². The minimum atomic E-state index is -2.76. The average molecular weight is 488 g/mol. The monoisotopic (exact) mass is 487 g/mol. The zero-order valence-corrected chi connectivity index (χ0v) is 20.0. The van der Waals surface area contributed by atoms with Gasteiger partial charge in [-0.3, -0.25) is 9.48 Å². The fourth-order valence-electron chi connectivity index (χ4n) is 5.17. The molecule has 9 nitrogen and oxygen atoms in total.